The van der Waals surface area contributed by atoms with E-state index >= 15 is 0 Å². The largest absolute Gasteiger partial charge is 0.310 e. The molecule has 0 spiro atoms. The fraction of sp³-hybridized carbons (Fsp3) is 0.467. The van der Waals surface area contributed by atoms with E-state index in [4.69, 9.17) is 0 Å². The van der Waals surface area contributed by atoms with E-state index in [0.29, 0.717) is 18.7 Å². The molecule has 19 heavy (non-hydrogen) atoms. The topological polar surface area (TPSA) is 49.4 Å². The summed E-state index contributed by atoms with van der Waals surface area (Å²) in [6.45, 7) is 9.30. The van der Waals surface area contributed by atoms with Crippen molar-refractivity contribution in [3.63, 3.8) is 0 Å². The first-order valence-electron chi connectivity index (χ1n) is 6.51. The zero-order valence-corrected chi connectivity index (χ0v) is 11.9. The van der Waals surface area contributed by atoms with Crippen molar-refractivity contribution in [2.75, 3.05) is 18.0 Å². The lowest BCUT2D eigenvalue weighted by molar-refractivity contribution is -0.114. The molecule has 1 aliphatic rings. The van der Waals surface area contributed by atoms with Crippen LogP contribution in [0.25, 0.3) is 0 Å². The van der Waals surface area contributed by atoms with E-state index in [-0.39, 0.29) is 5.54 Å². The molecule has 102 valence electrons. The van der Waals surface area contributed by atoms with E-state index < -0.39 is 11.7 Å². The van der Waals surface area contributed by atoms with Crippen molar-refractivity contribution < 1.29 is 9.59 Å². The van der Waals surface area contributed by atoms with Gasteiger partial charge in [0.2, 0.25) is 0 Å². The number of nitrogens with one attached hydrogen (secondary N) is 1. The number of amides is 1. The van der Waals surface area contributed by atoms with Crippen molar-refractivity contribution in [3.05, 3.63) is 29.3 Å². The molecule has 1 aromatic carbocycles. The lowest BCUT2D eigenvalue weighted by atomic mass is 10.1. The summed E-state index contributed by atoms with van der Waals surface area (Å²) in [7, 11) is 0. The minimum absolute atomic E-state index is 0.00286. The number of carbonyl (C=O) groups excluding carboxylic acids is 2. The van der Waals surface area contributed by atoms with E-state index in [1.165, 1.54) is 0 Å². The predicted octanol–water partition coefficient (Wildman–Crippen LogP) is 1.91. The summed E-state index contributed by atoms with van der Waals surface area (Å²) in [5.74, 6) is -0.814. The average Bonchev–Trinajstić information content (AvgIpc) is 2.53. The molecular weight excluding hydrogens is 240 g/mol. The second-order valence-corrected chi connectivity index (χ2v) is 5.98. The van der Waals surface area contributed by atoms with Crippen molar-refractivity contribution in [1.29, 1.82) is 0 Å². The van der Waals surface area contributed by atoms with Gasteiger partial charge in [-0.15, -0.1) is 0 Å². The molecule has 1 heterocycles. The maximum atomic E-state index is 12.0. The molecule has 0 unspecified atom stereocenters. The predicted molar refractivity (Wildman–Crippen MR) is 75.6 cm³/mol. The van der Waals surface area contributed by atoms with Crippen LogP contribution in [0.5, 0.6) is 0 Å². The van der Waals surface area contributed by atoms with Crippen molar-refractivity contribution in [2.24, 2.45) is 0 Å². The van der Waals surface area contributed by atoms with Gasteiger partial charge in [0, 0.05) is 18.6 Å². The first kappa shape index (κ1) is 13.7. The van der Waals surface area contributed by atoms with E-state index in [9.17, 15) is 9.59 Å². The Kier molecular flexibility index (Phi) is 3.45. The number of hydrogen-bond donors (Lipinski definition) is 1. The van der Waals surface area contributed by atoms with Crippen LogP contribution in [0.15, 0.2) is 18.2 Å². The van der Waals surface area contributed by atoms with Crippen molar-refractivity contribution >= 4 is 17.4 Å². The zero-order chi connectivity index (χ0) is 14.2. The molecule has 0 fully saturated rings. The Bertz CT molecular complexity index is 529. The van der Waals surface area contributed by atoms with E-state index in [1.54, 1.807) is 11.0 Å². The van der Waals surface area contributed by atoms with Crippen LogP contribution in [-0.4, -0.2) is 30.3 Å². The molecule has 2 rings (SSSR count). The average molecular weight is 260 g/mol. The molecule has 1 aliphatic heterocycles. The van der Waals surface area contributed by atoms with Gasteiger partial charge in [0.05, 0.1) is 11.3 Å². The number of carbonyl (C=O) groups is 2. The van der Waals surface area contributed by atoms with Crippen LogP contribution in [0.2, 0.25) is 0 Å². The minimum atomic E-state index is -0.420. The maximum absolute atomic E-state index is 12.0. The van der Waals surface area contributed by atoms with E-state index in [1.807, 2.05) is 19.1 Å². The van der Waals surface area contributed by atoms with Gasteiger partial charge in [-0.3, -0.25) is 9.59 Å². The summed E-state index contributed by atoms with van der Waals surface area (Å²) >= 11 is 0. The number of aryl methyl sites for hydroxylation is 1. The monoisotopic (exact) mass is 260 g/mol. The second kappa shape index (κ2) is 4.78. The summed E-state index contributed by atoms with van der Waals surface area (Å²) in [5, 5.41) is 3.32. The van der Waals surface area contributed by atoms with Gasteiger partial charge in [0.15, 0.2) is 0 Å². The number of anilines is 1. The van der Waals surface area contributed by atoms with Crippen molar-refractivity contribution in [3.8, 4) is 0 Å². The van der Waals surface area contributed by atoms with Crippen molar-refractivity contribution in [1.82, 2.24) is 5.32 Å². The minimum Gasteiger partial charge on any atom is -0.310 e. The number of benzene rings is 1. The summed E-state index contributed by atoms with van der Waals surface area (Å²) < 4.78 is 0. The Morgan fingerprint density at radius 3 is 2.53 bits per heavy atom. The standard InChI is InChI=1S/C15H20N2O2/c1-10-5-6-12-11(9-10)13(18)14(19)17(12)8-7-16-15(2,3)4/h5-6,9,16H,7-8H2,1-4H3. The number of fused-ring (bicyclic) bond motifs is 1. The van der Waals surface area contributed by atoms with Gasteiger partial charge in [0.25, 0.3) is 11.7 Å². The number of nitrogens with zero attached hydrogens (tertiary/aromatic N) is 1. The molecule has 0 saturated carbocycles. The SMILES string of the molecule is Cc1ccc2c(c1)C(=O)C(=O)N2CCNC(C)(C)C. The van der Waals surface area contributed by atoms with E-state index in [2.05, 4.69) is 26.1 Å². The fourth-order valence-electron chi connectivity index (χ4n) is 2.18. The van der Waals surface area contributed by atoms with Gasteiger partial charge in [-0.2, -0.15) is 0 Å². The summed E-state index contributed by atoms with van der Waals surface area (Å²) in [6, 6.07) is 5.56. The van der Waals surface area contributed by atoms with Crippen molar-refractivity contribution in [2.45, 2.75) is 33.2 Å². The summed E-state index contributed by atoms with van der Waals surface area (Å²) in [6.07, 6.45) is 0. The molecule has 1 N–H and O–H groups in total. The summed E-state index contributed by atoms with van der Waals surface area (Å²) in [4.78, 5) is 25.5. The Morgan fingerprint density at radius 1 is 1.21 bits per heavy atom. The number of rotatable bonds is 3. The van der Waals surface area contributed by atoms with Gasteiger partial charge in [0.1, 0.15) is 0 Å². The Hall–Kier alpha value is -1.68. The zero-order valence-electron chi connectivity index (χ0n) is 11.9. The smallest absolute Gasteiger partial charge is 0.299 e. The number of Topliss-reactive ketones (excluding diaryl/α,β-unsaturated/α-hetero) is 1. The molecular formula is C15H20N2O2. The first-order valence-corrected chi connectivity index (χ1v) is 6.51. The lowest BCUT2D eigenvalue weighted by Gasteiger charge is -2.23. The highest BCUT2D eigenvalue weighted by Gasteiger charge is 2.35. The van der Waals surface area contributed by atoms with Crippen LogP contribution in [0, 0.1) is 6.92 Å². The highest BCUT2D eigenvalue weighted by Crippen LogP contribution is 2.29. The van der Waals surface area contributed by atoms with E-state index in [0.717, 1.165) is 11.3 Å². The van der Waals surface area contributed by atoms with Gasteiger partial charge in [-0.25, -0.2) is 0 Å². The molecule has 4 heteroatoms. The van der Waals surface area contributed by atoms with Gasteiger partial charge < -0.3 is 10.2 Å². The van der Waals surface area contributed by atoms with Crippen LogP contribution >= 0.6 is 0 Å². The normalized spacial score (nSPS) is 15.1. The highest BCUT2D eigenvalue weighted by molar-refractivity contribution is 6.52. The maximum Gasteiger partial charge on any atom is 0.299 e. The van der Waals surface area contributed by atoms with Crippen LogP contribution in [0.4, 0.5) is 5.69 Å². The summed E-state index contributed by atoms with van der Waals surface area (Å²) in [5.41, 5.74) is 2.26. The third-order valence-corrected chi connectivity index (χ3v) is 3.12. The Balaban J connectivity index is 2.15. The van der Waals surface area contributed by atoms with Gasteiger partial charge >= 0.3 is 0 Å². The molecule has 1 aromatic rings. The molecule has 0 aromatic heterocycles. The fourth-order valence-corrected chi connectivity index (χ4v) is 2.18. The highest BCUT2D eigenvalue weighted by atomic mass is 16.2. The second-order valence-electron chi connectivity index (χ2n) is 5.98. The lowest BCUT2D eigenvalue weighted by Crippen LogP contribution is -2.42. The van der Waals surface area contributed by atoms with Crippen LogP contribution in [0.3, 0.4) is 0 Å². The Morgan fingerprint density at radius 2 is 1.89 bits per heavy atom. The van der Waals surface area contributed by atoms with Gasteiger partial charge in [-0.05, 0) is 39.8 Å². The first-order chi connectivity index (χ1) is 8.79. The van der Waals surface area contributed by atoms with Gasteiger partial charge in [-0.1, -0.05) is 11.6 Å². The molecule has 1 amide bonds. The third-order valence-electron chi connectivity index (χ3n) is 3.12. The number of ketones is 1. The molecule has 0 radical (unpaired) electrons. The van der Waals surface area contributed by atoms with Crippen LogP contribution < -0.4 is 10.2 Å². The molecule has 0 saturated heterocycles. The Labute approximate surface area is 113 Å². The third kappa shape index (κ3) is 2.84. The van der Waals surface area contributed by atoms with Crippen LogP contribution in [0.1, 0.15) is 36.7 Å². The number of hydrogen-bond acceptors (Lipinski definition) is 3. The molecule has 0 bridgehead atoms. The quantitative estimate of drug-likeness (QED) is 0.845. The molecule has 0 aliphatic carbocycles. The van der Waals surface area contributed by atoms with Crippen LogP contribution in [-0.2, 0) is 4.79 Å². The molecule has 0 atom stereocenters. The molecule has 4 nitrogen and oxygen atoms in total.